The fourth-order valence-electron chi connectivity index (χ4n) is 5.41. The molecule has 2 aliphatic heterocycles. The Morgan fingerprint density at radius 3 is 2.34 bits per heavy atom. The largest absolute Gasteiger partial charge is 0.492 e. The van der Waals surface area contributed by atoms with Crippen LogP contribution < -0.4 is 25.4 Å². The number of rotatable bonds is 6. The van der Waals surface area contributed by atoms with Crippen LogP contribution in [0.1, 0.15) is 43.8 Å². The summed E-state index contributed by atoms with van der Waals surface area (Å²) in [6, 6.07) is 17.9. The number of amides is 3. The molecule has 0 aliphatic carbocycles. The topological polar surface area (TPSA) is 173 Å². The van der Waals surface area contributed by atoms with E-state index >= 15 is 0 Å². The Balaban J connectivity index is 1.44. The Hall–Kier alpha value is -5.15. The van der Waals surface area contributed by atoms with E-state index < -0.39 is 57.5 Å². The number of aromatic nitrogens is 3. The molecule has 4 N–H and O–H groups in total. The van der Waals surface area contributed by atoms with E-state index in [4.69, 9.17) is 4.74 Å². The minimum Gasteiger partial charge on any atom is -0.492 e. The Labute approximate surface area is 290 Å². The summed E-state index contributed by atoms with van der Waals surface area (Å²) in [6.45, 7) is 5.40. The van der Waals surface area contributed by atoms with Crippen molar-refractivity contribution in [3.05, 3.63) is 102 Å². The molecule has 4 aromatic rings. The first-order chi connectivity index (χ1) is 23.9. The molecule has 13 nitrogen and oxygen atoms in total. The summed E-state index contributed by atoms with van der Waals surface area (Å²) in [5.74, 6) is -1.79. The first kappa shape index (κ1) is 36.1. The summed E-state index contributed by atoms with van der Waals surface area (Å²) >= 11 is 0. The molecule has 3 atom stereocenters. The quantitative estimate of drug-likeness (QED) is 0.237. The first-order valence-electron chi connectivity index (χ1n) is 16.2. The monoisotopic (exact) mass is 705 g/mol. The summed E-state index contributed by atoms with van der Waals surface area (Å²) in [5, 5.41) is 13.0. The number of benzene rings is 3. The normalized spacial score (nSPS) is 19.5. The molecule has 6 rings (SSSR count). The van der Waals surface area contributed by atoms with Gasteiger partial charge in [-0.15, -0.1) is 0 Å². The maximum absolute atomic E-state index is 13.8. The lowest BCUT2D eigenvalue weighted by Crippen LogP contribution is -2.56. The summed E-state index contributed by atoms with van der Waals surface area (Å²) in [7, 11) is -4.10. The highest BCUT2D eigenvalue weighted by molar-refractivity contribution is 7.88. The average Bonchev–Trinajstić information content (AvgIpc) is 3.50. The van der Waals surface area contributed by atoms with Crippen molar-refractivity contribution >= 4 is 27.7 Å². The van der Waals surface area contributed by atoms with Crippen LogP contribution in [0.3, 0.4) is 0 Å². The number of nitrogens with zero attached hydrogens (tertiary/aromatic N) is 3. The molecule has 3 heterocycles. The highest BCUT2D eigenvalue weighted by Gasteiger charge is 2.32. The lowest BCUT2D eigenvalue weighted by Gasteiger charge is -2.26. The van der Waals surface area contributed by atoms with E-state index in [1.54, 1.807) is 45.0 Å². The summed E-state index contributed by atoms with van der Waals surface area (Å²) in [5.41, 5.74) is 1.68. The third kappa shape index (κ3) is 9.72. The molecule has 2 bridgehead atoms. The third-order valence-corrected chi connectivity index (χ3v) is 9.34. The zero-order valence-electron chi connectivity index (χ0n) is 27.9. The first-order valence-corrected chi connectivity index (χ1v) is 17.9. The molecule has 15 heteroatoms. The summed E-state index contributed by atoms with van der Waals surface area (Å²) in [6.07, 6.45) is -0.0426. The molecule has 0 spiro atoms. The van der Waals surface area contributed by atoms with Crippen LogP contribution in [0, 0.1) is 11.7 Å². The number of carbonyl (C=O) groups excluding carboxylic acids is 3. The Morgan fingerprint density at radius 2 is 1.66 bits per heavy atom. The third-order valence-electron chi connectivity index (χ3n) is 7.98. The number of nitrogens with one attached hydrogen (secondary N) is 4. The fourth-order valence-corrected chi connectivity index (χ4v) is 6.75. The van der Waals surface area contributed by atoms with Crippen molar-refractivity contribution in [1.29, 1.82) is 0 Å². The minimum absolute atomic E-state index is 0.0426. The van der Waals surface area contributed by atoms with Crippen LogP contribution in [-0.4, -0.2) is 66.1 Å². The van der Waals surface area contributed by atoms with Gasteiger partial charge < -0.3 is 20.7 Å². The second kappa shape index (κ2) is 16.0. The molecule has 0 saturated heterocycles. The van der Waals surface area contributed by atoms with E-state index in [2.05, 4.69) is 30.8 Å². The van der Waals surface area contributed by atoms with E-state index in [1.807, 2.05) is 30.3 Å². The van der Waals surface area contributed by atoms with Crippen LogP contribution in [0.15, 0.2) is 78.9 Å². The molecule has 3 aromatic carbocycles. The van der Waals surface area contributed by atoms with E-state index in [0.717, 1.165) is 17.7 Å². The van der Waals surface area contributed by atoms with Gasteiger partial charge in [0.25, 0.3) is 0 Å². The number of halogens is 1. The molecular formula is C35H40FN7O6S. The van der Waals surface area contributed by atoms with Crippen LogP contribution in [0.2, 0.25) is 0 Å². The Bertz CT molecular complexity index is 1900. The number of ether oxygens (including phenoxy) is 1. The molecule has 264 valence electrons. The zero-order valence-corrected chi connectivity index (χ0v) is 28.7. The molecule has 0 fully saturated rings. The van der Waals surface area contributed by atoms with Crippen LogP contribution in [0.4, 0.5) is 4.39 Å². The van der Waals surface area contributed by atoms with E-state index in [1.165, 1.54) is 16.8 Å². The number of hydrogen-bond donors (Lipinski definition) is 4. The molecule has 50 heavy (non-hydrogen) atoms. The fraction of sp³-hybridized carbons (Fsp3) is 0.343. The number of carbonyl (C=O) groups is 3. The second-order valence-corrected chi connectivity index (χ2v) is 14.1. The van der Waals surface area contributed by atoms with Gasteiger partial charge in [0.2, 0.25) is 27.7 Å². The van der Waals surface area contributed by atoms with Gasteiger partial charge in [-0.2, -0.15) is 5.10 Å². The second-order valence-electron chi connectivity index (χ2n) is 12.4. The smallest absolute Gasteiger partial charge is 0.243 e. The maximum Gasteiger partial charge on any atom is 0.243 e. The Morgan fingerprint density at radius 1 is 0.960 bits per heavy atom. The van der Waals surface area contributed by atoms with E-state index in [-0.39, 0.29) is 32.0 Å². The molecule has 2 aliphatic rings. The maximum atomic E-state index is 13.8. The molecule has 0 radical (unpaired) electrons. The van der Waals surface area contributed by atoms with Crippen molar-refractivity contribution < 1.29 is 31.9 Å². The predicted molar refractivity (Wildman–Crippen MR) is 183 cm³/mol. The number of hydrogen-bond acceptors (Lipinski definition) is 8. The van der Waals surface area contributed by atoms with Gasteiger partial charge >= 0.3 is 0 Å². The van der Waals surface area contributed by atoms with Gasteiger partial charge in [-0.3, -0.25) is 14.4 Å². The lowest BCUT2D eigenvalue weighted by molar-refractivity contribution is -0.131. The standard InChI is InChI=1S/C35H40FN7O6S/c1-22(2)31-35(46)38-23(3)33-40-32(26-7-5-4-6-8-26)41-43(33)20-30(44)37-17-18-49-28-15-11-24(12-16-28)19-29(34(45)39-31)42-50(47,48)21-25-9-13-27(36)14-10-25/h4-16,22-23,29,31,42H,17-21H2,1-3H3,(H,37,44)(H,38,46)(H,39,45)/t23-,29-,31+/m0/s1. The van der Waals surface area contributed by atoms with Gasteiger partial charge in [0.05, 0.1) is 18.3 Å². The Kier molecular flexibility index (Phi) is 11.6. The minimum atomic E-state index is -4.10. The van der Waals surface area contributed by atoms with Crippen molar-refractivity contribution in [1.82, 2.24) is 35.4 Å². The van der Waals surface area contributed by atoms with Crippen molar-refractivity contribution in [2.24, 2.45) is 5.92 Å². The molecular weight excluding hydrogens is 665 g/mol. The molecule has 1 aromatic heterocycles. The van der Waals surface area contributed by atoms with Gasteiger partial charge in [-0.1, -0.05) is 68.4 Å². The van der Waals surface area contributed by atoms with Gasteiger partial charge in [-0.05, 0) is 54.7 Å². The van der Waals surface area contributed by atoms with Crippen LogP contribution in [0.25, 0.3) is 11.4 Å². The predicted octanol–water partition coefficient (Wildman–Crippen LogP) is 2.64. The van der Waals surface area contributed by atoms with Crippen LogP contribution in [-0.2, 0) is 43.1 Å². The van der Waals surface area contributed by atoms with Crippen molar-refractivity contribution in [2.75, 3.05) is 13.2 Å². The number of sulfonamides is 1. The zero-order chi connectivity index (χ0) is 35.8. The van der Waals surface area contributed by atoms with Gasteiger partial charge in [0, 0.05) is 5.56 Å². The van der Waals surface area contributed by atoms with Crippen molar-refractivity contribution in [3.63, 3.8) is 0 Å². The van der Waals surface area contributed by atoms with Gasteiger partial charge in [0.15, 0.2) is 5.82 Å². The highest BCUT2D eigenvalue weighted by Crippen LogP contribution is 2.20. The van der Waals surface area contributed by atoms with Crippen molar-refractivity contribution in [2.45, 2.75) is 57.6 Å². The van der Waals surface area contributed by atoms with E-state index in [0.29, 0.717) is 28.5 Å². The van der Waals surface area contributed by atoms with Crippen LogP contribution >= 0.6 is 0 Å². The SMILES string of the molecule is CC(C)[C@H]1NC(=O)[C@@H](NS(=O)(=O)Cc2ccc(F)cc2)Cc2ccc(cc2)OCCNC(=O)Cn2nc(-c3ccccc3)nc2[C@H](C)NC1=O. The summed E-state index contributed by atoms with van der Waals surface area (Å²) < 4.78 is 49.7. The van der Waals surface area contributed by atoms with Gasteiger partial charge in [-0.25, -0.2) is 27.2 Å². The van der Waals surface area contributed by atoms with Crippen molar-refractivity contribution in [3.8, 4) is 17.1 Å². The highest BCUT2D eigenvalue weighted by atomic mass is 32.2. The lowest BCUT2D eigenvalue weighted by atomic mass is 10.0. The molecule has 0 unspecified atom stereocenters. The number of fused-ring (bicyclic) bond motifs is 14. The molecule has 3 amide bonds. The van der Waals surface area contributed by atoms with E-state index in [9.17, 15) is 27.2 Å². The average molecular weight is 706 g/mol. The van der Waals surface area contributed by atoms with Crippen LogP contribution in [0.5, 0.6) is 5.75 Å². The molecule has 0 saturated carbocycles. The summed E-state index contributed by atoms with van der Waals surface area (Å²) in [4.78, 5) is 45.2. The van der Waals surface area contributed by atoms with Gasteiger partial charge in [0.1, 0.15) is 42.6 Å².